The number of ether oxygens (including phenoxy) is 2. The van der Waals surface area contributed by atoms with Crippen molar-refractivity contribution in [1.82, 2.24) is 15.1 Å². The molecular formula is C20H30BrN3O2. The van der Waals surface area contributed by atoms with E-state index in [9.17, 15) is 0 Å². The number of nitrogens with one attached hydrogen (secondary N) is 1. The smallest absolute Gasteiger partial charge is 0.163 e. The first-order chi connectivity index (χ1) is 12.3. The van der Waals surface area contributed by atoms with Crippen molar-refractivity contribution in [2.24, 2.45) is 0 Å². The Morgan fingerprint density at radius 1 is 1.15 bits per heavy atom. The SMILES string of the molecule is CN(C)C[C@@H]1[C@H](c2ccc(Br)cc2)[C@@H]2CNC[C@H]3OC(C)(C)O[C@H]3CN12. The van der Waals surface area contributed by atoms with Crippen LogP contribution in [-0.2, 0) is 9.47 Å². The molecule has 0 aliphatic carbocycles. The van der Waals surface area contributed by atoms with Crippen molar-refractivity contribution in [3.05, 3.63) is 34.3 Å². The summed E-state index contributed by atoms with van der Waals surface area (Å²) in [6, 6.07) is 9.88. The first kappa shape index (κ1) is 18.8. The van der Waals surface area contributed by atoms with Gasteiger partial charge in [0, 0.05) is 48.7 Å². The molecule has 3 fully saturated rings. The molecule has 0 saturated carbocycles. The van der Waals surface area contributed by atoms with Crippen molar-refractivity contribution in [3.63, 3.8) is 0 Å². The van der Waals surface area contributed by atoms with Crippen LogP contribution in [0.4, 0.5) is 0 Å². The number of hydrogen-bond acceptors (Lipinski definition) is 5. The summed E-state index contributed by atoms with van der Waals surface area (Å²) in [6.45, 7) is 7.91. The molecule has 26 heavy (non-hydrogen) atoms. The van der Waals surface area contributed by atoms with E-state index in [2.05, 4.69) is 69.4 Å². The summed E-state index contributed by atoms with van der Waals surface area (Å²) in [6.07, 6.45) is 0.272. The highest BCUT2D eigenvalue weighted by Gasteiger charge is 2.53. The van der Waals surface area contributed by atoms with Crippen LogP contribution in [0.2, 0.25) is 0 Å². The third-order valence-corrected chi connectivity index (χ3v) is 6.39. The van der Waals surface area contributed by atoms with Crippen LogP contribution >= 0.6 is 15.9 Å². The molecule has 3 heterocycles. The molecule has 5 atom stereocenters. The number of nitrogens with zero attached hydrogens (tertiary/aromatic N) is 2. The Kier molecular flexibility index (Phi) is 5.18. The molecule has 0 radical (unpaired) electrons. The summed E-state index contributed by atoms with van der Waals surface area (Å²) in [7, 11) is 4.32. The van der Waals surface area contributed by atoms with Gasteiger partial charge in [-0.05, 0) is 45.6 Å². The van der Waals surface area contributed by atoms with E-state index in [0.29, 0.717) is 18.0 Å². The van der Waals surface area contributed by atoms with Gasteiger partial charge in [0.2, 0.25) is 0 Å². The van der Waals surface area contributed by atoms with Crippen LogP contribution in [0.15, 0.2) is 28.7 Å². The summed E-state index contributed by atoms with van der Waals surface area (Å²) in [5.41, 5.74) is 1.43. The maximum absolute atomic E-state index is 6.23. The van der Waals surface area contributed by atoms with Gasteiger partial charge in [-0.25, -0.2) is 0 Å². The molecule has 3 saturated heterocycles. The van der Waals surface area contributed by atoms with Crippen LogP contribution in [0.3, 0.4) is 0 Å². The van der Waals surface area contributed by atoms with Gasteiger partial charge in [0.1, 0.15) is 12.2 Å². The highest BCUT2D eigenvalue weighted by molar-refractivity contribution is 9.10. The van der Waals surface area contributed by atoms with E-state index in [1.54, 1.807) is 0 Å². The Hall–Kier alpha value is -0.500. The standard InChI is InChI=1S/C20H30BrN3O2/c1-20(2)25-17-10-22-9-15-19(13-5-7-14(21)8-6-13)16(11-23(3)4)24(15)12-18(17)26-20/h5-8,15-19,22H,9-12H2,1-4H3/t15-,16+,17+,18-,19+/m0/s1. The largest absolute Gasteiger partial charge is 0.343 e. The van der Waals surface area contributed by atoms with Gasteiger partial charge >= 0.3 is 0 Å². The fraction of sp³-hybridized carbons (Fsp3) is 0.700. The van der Waals surface area contributed by atoms with E-state index >= 15 is 0 Å². The molecule has 144 valence electrons. The van der Waals surface area contributed by atoms with Gasteiger partial charge < -0.3 is 19.7 Å². The molecule has 1 aromatic rings. The second kappa shape index (κ2) is 7.15. The van der Waals surface area contributed by atoms with E-state index in [1.807, 2.05) is 13.8 Å². The molecule has 1 aromatic carbocycles. The van der Waals surface area contributed by atoms with Crippen molar-refractivity contribution in [2.75, 3.05) is 40.3 Å². The summed E-state index contributed by atoms with van der Waals surface area (Å²) in [4.78, 5) is 4.94. The van der Waals surface area contributed by atoms with Gasteiger partial charge in [-0.3, -0.25) is 4.90 Å². The van der Waals surface area contributed by atoms with E-state index in [0.717, 1.165) is 30.7 Å². The monoisotopic (exact) mass is 423 g/mol. The van der Waals surface area contributed by atoms with E-state index in [4.69, 9.17) is 9.47 Å². The number of rotatable bonds is 3. The predicted molar refractivity (Wildman–Crippen MR) is 106 cm³/mol. The molecule has 0 bridgehead atoms. The van der Waals surface area contributed by atoms with Crippen LogP contribution in [0.1, 0.15) is 25.3 Å². The topological polar surface area (TPSA) is 37.0 Å². The van der Waals surface area contributed by atoms with Crippen LogP contribution < -0.4 is 5.32 Å². The van der Waals surface area contributed by atoms with Crippen LogP contribution in [0.25, 0.3) is 0 Å². The first-order valence-electron chi connectivity index (χ1n) is 9.56. The van der Waals surface area contributed by atoms with Crippen molar-refractivity contribution >= 4 is 15.9 Å². The third kappa shape index (κ3) is 3.60. The minimum absolute atomic E-state index is 0.135. The Morgan fingerprint density at radius 3 is 2.54 bits per heavy atom. The summed E-state index contributed by atoms with van der Waals surface area (Å²) in [5.74, 6) is 0.0639. The molecule has 1 N–H and O–H groups in total. The second-order valence-corrected chi connectivity index (χ2v) is 9.46. The lowest BCUT2D eigenvalue weighted by Gasteiger charge is -2.58. The Balaban J connectivity index is 1.57. The normalized spacial score (nSPS) is 36.8. The zero-order valence-electron chi connectivity index (χ0n) is 16.1. The fourth-order valence-electron chi connectivity index (χ4n) is 4.87. The number of hydrogen-bond donors (Lipinski definition) is 1. The average molecular weight is 424 g/mol. The molecule has 4 rings (SSSR count). The van der Waals surface area contributed by atoms with E-state index in [1.165, 1.54) is 5.56 Å². The van der Waals surface area contributed by atoms with E-state index in [-0.39, 0.29) is 12.2 Å². The van der Waals surface area contributed by atoms with E-state index < -0.39 is 5.79 Å². The molecule has 3 aliphatic rings. The van der Waals surface area contributed by atoms with Crippen molar-refractivity contribution in [1.29, 1.82) is 0 Å². The van der Waals surface area contributed by atoms with Gasteiger partial charge in [0.15, 0.2) is 5.79 Å². The number of halogens is 1. The maximum Gasteiger partial charge on any atom is 0.163 e. The minimum atomic E-state index is -0.482. The molecule has 0 amide bonds. The molecule has 5 nitrogen and oxygen atoms in total. The quantitative estimate of drug-likeness (QED) is 0.806. The zero-order chi connectivity index (χ0) is 18.5. The predicted octanol–water partition coefficient (Wildman–Crippen LogP) is 2.27. The summed E-state index contributed by atoms with van der Waals surface area (Å²) >= 11 is 3.56. The lowest BCUT2D eigenvalue weighted by atomic mass is 9.74. The number of likely N-dealkylation sites (N-methyl/N-ethyl adjacent to an activating group) is 1. The lowest BCUT2D eigenvalue weighted by Crippen LogP contribution is -2.70. The Bertz CT molecular complexity index is 636. The molecule has 0 spiro atoms. The Labute approximate surface area is 165 Å². The minimum Gasteiger partial charge on any atom is -0.343 e. The van der Waals surface area contributed by atoms with Gasteiger partial charge in [0.25, 0.3) is 0 Å². The third-order valence-electron chi connectivity index (χ3n) is 5.86. The number of fused-ring (bicyclic) bond motifs is 2. The van der Waals surface area contributed by atoms with Crippen LogP contribution in [0.5, 0.6) is 0 Å². The fourth-order valence-corrected chi connectivity index (χ4v) is 5.13. The van der Waals surface area contributed by atoms with Crippen molar-refractivity contribution in [2.45, 2.75) is 49.8 Å². The lowest BCUT2D eigenvalue weighted by molar-refractivity contribution is -0.150. The van der Waals surface area contributed by atoms with Gasteiger partial charge in [-0.1, -0.05) is 28.1 Å². The average Bonchev–Trinajstić information content (AvgIpc) is 2.84. The molecule has 0 aromatic heterocycles. The van der Waals surface area contributed by atoms with Gasteiger partial charge in [-0.15, -0.1) is 0 Å². The molecule has 3 aliphatic heterocycles. The number of benzene rings is 1. The van der Waals surface area contributed by atoms with Crippen LogP contribution in [-0.4, -0.2) is 80.2 Å². The van der Waals surface area contributed by atoms with Crippen molar-refractivity contribution in [3.8, 4) is 0 Å². The second-order valence-electron chi connectivity index (χ2n) is 8.54. The summed E-state index contributed by atoms with van der Waals surface area (Å²) in [5, 5.41) is 3.64. The molecular weight excluding hydrogens is 394 g/mol. The maximum atomic E-state index is 6.23. The highest BCUT2D eigenvalue weighted by Crippen LogP contribution is 2.43. The van der Waals surface area contributed by atoms with Crippen molar-refractivity contribution < 1.29 is 9.47 Å². The Morgan fingerprint density at radius 2 is 1.85 bits per heavy atom. The highest BCUT2D eigenvalue weighted by atomic mass is 79.9. The molecule has 0 unspecified atom stereocenters. The van der Waals surface area contributed by atoms with Gasteiger partial charge in [-0.2, -0.15) is 0 Å². The van der Waals surface area contributed by atoms with Gasteiger partial charge in [0.05, 0.1) is 0 Å². The first-order valence-corrected chi connectivity index (χ1v) is 10.4. The zero-order valence-corrected chi connectivity index (χ0v) is 17.7. The molecule has 6 heteroatoms. The van der Waals surface area contributed by atoms with Crippen LogP contribution in [0, 0.1) is 0 Å². The summed E-state index contributed by atoms with van der Waals surface area (Å²) < 4.78 is 13.5.